The smallest absolute Gasteiger partial charge is 0.257 e. The number of benzene rings is 1. The summed E-state index contributed by atoms with van der Waals surface area (Å²) >= 11 is 0. The molecule has 2 heterocycles. The minimum absolute atomic E-state index is 0.0409. The maximum Gasteiger partial charge on any atom is 0.257 e. The average molecular weight is 365 g/mol. The Bertz CT molecular complexity index is 753. The van der Waals surface area contributed by atoms with Crippen molar-refractivity contribution >= 4 is 17.7 Å². The van der Waals surface area contributed by atoms with Gasteiger partial charge in [-0.15, -0.1) is 0 Å². The van der Waals surface area contributed by atoms with Gasteiger partial charge in [0.1, 0.15) is 12.1 Å². The lowest BCUT2D eigenvalue weighted by Gasteiger charge is -2.45. The van der Waals surface area contributed by atoms with Gasteiger partial charge in [0.25, 0.3) is 5.91 Å². The number of piperazine rings is 2. The SMILES string of the molecule is CC(C)C[C@H]1NC(=O)[C@H]2CN(C(=O)c3cccc(F)c3F)CCN2C1=O. The van der Waals surface area contributed by atoms with E-state index >= 15 is 0 Å². The Balaban J connectivity index is 1.76. The van der Waals surface area contributed by atoms with Crippen LogP contribution in [-0.2, 0) is 9.59 Å². The van der Waals surface area contributed by atoms with Gasteiger partial charge in [0.2, 0.25) is 11.8 Å². The second-order valence-corrected chi connectivity index (χ2v) is 7.09. The van der Waals surface area contributed by atoms with E-state index in [1.54, 1.807) is 0 Å². The number of hydrogen-bond acceptors (Lipinski definition) is 3. The third kappa shape index (κ3) is 3.27. The molecule has 0 unspecified atom stereocenters. The summed E-state index contributed by atoms with van der Waals surface area (Å²) < 4.78 is 27.3. The topological polar surface area (TPSA) is 69.7 Å². The highest BCUT2D eigenvalue weighted by molar-refractivity contribution is 5.99. The predicted octanol–water partition coefficient (Wildman–Crippen LogP) is 1.16. The summed E-state index contributed by atoms with van der Waals surface area (Å²) in [5.74, 6) is -3.23. The Morgan fingerprint density at radius 2 is 2.00 bits per heavy atom. The molecule has 2 atom stereocenters. The summed E-state index contributed by atoms with van der Waals surface area (Å²) in [5.41, 5.74) is -0.376. The van der Waals surface area contributed by atoms with Crippen molar-refractivity contribution in [2.24, 2.45) is 5.92 Å². The molecule has 1 N–H and O–H groups in total. The Morgan fingerprint density at radius 1 is 1.27 bits per heavy atom. The van der Waals surface area contributed by atoms with Crippen LogP contribution in [0.2, 0.25) is 0 Å². The van der Waals surface area contributed by atoms with Crippen LogP contribution in [0.15, 0.2) is 18.2 Å². The van der Waals surface area contributed by atoms with Gasteiger partial charge in [-0.25, -0.2) is 8.78 Å². The van der Waals surface area contributed by atoms with Crippen molar-refractivity contribution in [3.8, 4) is 0 Å². The molecule has 0 aliphatic carbocycles. The van der Waals surface area contributed by atoms with Crippen LogP contribution in [-0.4, -0.2) is 59.2 Å². The van der Waals surface area contributed by atoms with Crippen LogP contribution in [0.25, 0.3) is 0 Å². The van der Waals surface area contributed by atoms with Gasteiger partial charge in [-0.05, 0) is 24.5 Å². The van der Waals surface area contributed by atoms with E-state index in [1.165, 1.54) is 21.9 Å². The highest BCUT2D eigenvalue weighted by atomic mass is 19.2. The van der Waals surface area contributed by atoms with E-state index in [0.717, 1.165) is 6.07 Å². The van der Waals surface area contributed by atoms with E-state index in [-0.39, 0.29) is 42.9 Å². The molecule has 2 aliphatic rings. The van der Waals surface area contributed by atoms with Gasteiger partial charge in [0, 0.05) is 13.1 Å². The van der Waals surface area contributed by atoms with Crippen LogP contribution in [0.1, 0.15) is 30.6 Å². The second-order valence-electron chi connectivity index (χ2n) is 7.09. The Kier molecular flexibility index (Phi) is 4.93. The number of nitrogens with zero attached hydrogens (tertiary/aromatic N) is 2. The largest absolute Gasteiger partial charge is 0.342 e. The molecule has 2 saturated heterocycles. The summed E-state index contributed by atoms with van der Waals surface area (Å²) in [6.45, 7) is 4.25. The van der Waals surface area contributed by atoms with E-state index in [4.69, 9.17) is 0 Å². The van der Waals surface area contributed by atoms with Crippen LogP contribution < -0.4 is 5.32 Å². The van der Waals surface area contributed by atoms with Gasteiger partial charge in [0.05, 0.1) is 12.1 Å². The fourth-order valence-corrected chi connectivity index (χ4v) is 3.46. The summed E-state index contributed by atoms with van der Waals surface area (Å²) in [4.78, 5) is 40.3. The van der Waals surface area contributed by atoms with Crippen molar-refractivity contribution in [3.63, 3.8) is 0 Å². The van der Waals surface area contributed by atoms with Crippen LogP contribution in [0.4, 0.5) is 8.78 Å². The fraction of sp³-hybridized carbons (Fsp3) is 0.500. The van der Waals surface area contributed by atoms with E-state index in [0.29, 0.717) is 6.42 Å². The minimum Gasteiger partial charge on any atom is -0.342 e. The van der Waals surface area contributed by atoms with Gasteiger partial charge < -0.3 is 15.1 Å². The van der Waals surface area contributed by atoms with Crippen LogP contribution in [0, 0.1) is 17.6 Å². The van der Waals surface area contributed by atoms with Crippen molar-refractivity contribution in [1.29, 1.82) is 0 Å². The lowest BCUT2D eigenvalue weighted by atomic mass is 9.97. The molecule has 0 spiro atoms. The molecule has 1 aromatic carbocycles. The number of carbonyl (C=O) groups is 3. The molecule has 6 nitrogen and oxygen atoms in total. The Labute approximate surface area is 150 Å². The van der Waals surface area contributed by atoms with Gasteiger partial charge in [0.15, 0.2) is 11.6 Å². The molecular weight excluding hydrogens is 344 g/mol. The molecule has 0 saturated carbocycles. The highest BCUT2D eigenvalue weighted by Gasteiger charge is 2.44. The zero-order valence-corrected chi connectivity index (χ0v) is 14.7. The van der Waals surface area contributed by atoms with E-state index in [9.17, 15) is 23.2 Å². The van der Waals surface area contributed by atoms with Crippen molar-refractivity contribution in [1.82, 2.24) is 15.1 Å². The highest BCUT2D eigenvalue weighted by Crippen LogP contribution is 2.22. The normalized spacial score (nSPS) is 23.1. The number of rotatable bonds is 3. The van der Waals surface area contributed by atoms with Gasteiger partial charge in [-0.3, -0.25) is 14.4 Å². The van der Waals surface area contributed by atoms with E-state index in [2.05, 4.69) is 5.32 Å². The zero-order valence-electron chi connectivity index (χ0n) is 14.7. The predicted molar refractivity (Wildman–Crippen MR) is 89.1 cm³/mol. The number of hydrogen-bond donors (Lipinski definition) is 1. The lowest BCUT2D eigenvalue weighted by molar-refractivity contribution is -0.152. The molecule has 1 aromatic rings. The third-order valence-electron chi connectivity index (χ3n) is 4.76. The number of nitrogens with one attached hydrogen (secondary N) is 1. The standard InChI is InChI=1S/C18H21F2N3O3/c1-10(2)8-13-18(26)23-7-6-22(9-14(23)16(24)21-13)17(25)11-4-3-5-12(19)15(11)20/h3-5,10,13-14H,6-9H2,1-2H3,(H,21,24)/t13-,14-/m1/s1. The molecule has 0 radical (unpaired) electrons. The molecule has 2 fully saturated rings. The molecule has 0 bridgehead atoms. The maximum absolute atomic E-state index is 13.9. The lowest BCUT2D eigenvalue weighted by Crippen LogP contribution is -2.69. The zero-order chi connectivity index (χ0) is 19.0. The minimum atomic E-state index is -1.21. The summed E-state index contributed by atoms with van der Waals surface area (Å²) in [5, 5.41) is 2.71. The maximum atomic E-state index is 13.9. The number of carbonyl (C=O) groups excluding carboxylic acids is 3. The van der Waals surface area contributed by atoms with Gasteiger partial charge >= 0.3 is 0 Å². The fourth-order valence-electron chi connectivity index (χ4n) is 3.46. The van der Waals surface area contributed by atoms with E-state index < -0.39 is 29.6 Å². The summed E-state index contributed by atoms with van der Waals surface area (Å²) in [7, 11) is 0. The van der Waals surface area contributed by atoms with Crippen molar-refractivity contribution in [2.45, 2.75) is 32.4 Å². The molecule has 26 heavy (non-hydrogen) atoms. The van der Waals surface area contributed by atoms with Gasteiger partial charge in [-0.1, -0.05) is 19.9 Å². The van der Waals surface area contributed by atoms with Crippen molar-refractivity contribution < 1.29 is 23.2 Å². The third-order valence-corrected chi connectivity index (χ3v) is 4.76. The molecule has 2 aliphatic heterocycles. The monoisotopic (exact) mass is 365 g/mol. The van der Waals surface area contributed by atoms with Crippen LogP contribution >= 0.6 is 0 Å². The molecule has 8 heteroatoms. The quantitative estimate of drug-likeness (QED) is 0.874. The first-order valence-electron chi connectivity index (χ1n) is 8.63. The molecule has 140 valence electrons. The van der Waals surface area contributed by atoms with E-state index in [1.807, 2.05) is 13.8 Å². The van der Waals surface area contributed by atoms with Crippen LogP contribution in [0.5, 0.6) is 0 Å². The van der Waals surface area contributed by atoms with Crippen molar-refractivity contribution in [3.05, 3.63) is 35.4 Å². The molecule has 3 amide bonds. The van der Waals surface area contributed by atoms with Crippen LogP contribution in [0.3, 0.4) is 0 Å². The molecule has 3 rings (SSSR count). The number of amides is 3. The Morgan fingerprint density at radius 3 is 2.69 bits per heavy atom. The van der Waals surface area contributed by atoms with Crippen molar-refractivity contribution in [2.75, 3.05) is 19.6 Å². The first-order chi connectivity index (χ1) is 12.3. The summed E-state index contributed by atoms with van der Waals surface area (Å²) in [6, 6.07) is 2.04. The molecular formula is C18H21F2N3O3. The number of halogens is 2. The first kappa shape index (κ1) is 18.3. The summed E-state index contributed by atoms with van der Waals surface area (Å²) in [6.07, 6.45) is 0.547. The number of fused-ring (bicyclic) bond motifs is 1. The first-order valence-corrected chi connectivity index (χ1v) is 8.63. The molecule has 0 aromatic heterocycles. The average Bonchev–Trinajstić information content (AvgIpc) is 2.60. The Hall–Kier alpha value is -2.51. The van der Waals surface area contributed by atoms with Gasteiger partial charge in [-0.2, -0.15) is 0 Å². The second kappa shape index (κ2) is 7.01.